The lowest BCUT2D eigenvalue weighted by Gasteiger charge is -2.13. The van der Waals surface area contributed by atoms with Crippen molar-refractivity contribution < 1.29 is 4.74 Å². The molecule has 0 bridgehead atoms. The van der Waals surface area contributed by atoms with Gasteiger partial charge in [0, 0.05) is 11.5 Å². The Bertz CT molecular complexity index is 388. The molecule has 1 saturated carbocycles. The minimum atomic E-state index is 0.333. The second-order valence-corrected chi connectivity index (χ2v) is 4.92. The lowest BCUT2D eigenvalue weighted by Crippen LogP contribution is -2.09. The van der Waals surface area contributed by atoms with Crippen molar-refractivity contribution in [3.63, 3.8) is 0 Å². The summed E-state index contributed by atoms with van der Waals surface area (Å²) in [7, 11) is 0. The highest BCUT2D eigenvalue weighted by Crippen LogP contribution is 2.45. The predicted octanol–water partition coefficient (Wildman–Crippen LogP) is 2.68. The molecule has 0 spiro atoms. The largest absolute Gasteiger partial charge is 0.491 e. The third kappa shape index (κ3) is 2.29. The highest BCUT2D eigenvalue weighted by Gasteiger charge is 2.38. The van der Waals surface area contributed by atoms with Crippen molar-refractivity contribution in [2.24, 2.45) is 5.41 Å². The maximum Gasteiger partial charge on any atom is 0.140 e. The maximum atomic E-state index is 5.99. The van der Waals surface area contributed by atoms with Gasteiger partial charge in [0.2, 0.25) is 0 Å². The van der Waals surface area contributed by atoms with Crippen LogP contribution in [0.1, 0.15) is 19.8 Å². The number of halogens is 1. The fourth-order valence-corrected chi connectivity index (χ4v) is 1.53. The highest BCUT2D eigenvalue weighted by molar-refractivity contribution is 6.32. The molecule has 1 aliphatic carbocycles. The molecule has 0 atom stereocenters. The summed E-state index contributed by atoms with van der Waals surface area (Å²) >= 11 is 5.99. The van der Waals surface area contributed by atoms with E-state index >= 15 is 0 Å². The molecule has 3 nitrogen and oxygen atoms in total. The topological polar surface area (TPSA) is 61.3 Å². The minimum absolute atomic E-state index is 0.333. The van der Waals surface area contributed by atoms with Gasteiger partial charge in [-0.25, -0.2) is 0 Å². The van der Waals surface area contributed by atoms with E-state index in [1.807, 2.05) is 0 Å². The van der Waals surface area contributed by atoms with E-state index < -0.39 is 0 Å². The SMILES string of the molecule is CC1(COc2cc(N)c(N)cc2Cl)CC1. The van der Waals surface area contributed by atoms with Crippen LogP contribution in [0.2, 0.25) is 5.02 Å². The lowest BCUT2D eigenvalue weighted by atomic mass is 10.2. The number of rotatable bonds is 3. The molecule has 0 amide bonds. The molecule has 15 heavy (non-hydrogen) atoms. The van der Waals surface area contributed by atoms with Crippen LogP contribution in [-0.2, 0) is 0 Å². The minimum Gasteiger partial charge on any atom is -0.491 e. The van der Waals surface area contributed by atoms with Crippen molar-refractivity contribution in [1.29, 1.82) is 0 Å². The van der Waals surface area contributed by atoms with Crippen LogP contribution in [0.15, 0.2) is 12.1 Å². The van der Waals surface area contributed by atoms with Crippen molar-refractivity contribution >= 4 is 23.0 Å². The Morgan fingerprint density at radius 3 is 2.53 bits per heavy atom. The van der Waals surface area contributed by atoms with Crippen LogP contribution < -0.4 is 16.2 Å². The molecule has 2 rings (SSSR count). The van der Waals surface area contributed by atoms with E-state index in [4.69, 9.17) is 27.8 Å². The first-order chi connectivity index (χ1) is 7.00. The van der Waals surface area contributed by atoms with Gasteiger partial charge in [-0.2, -0.15) is 0 Å². The van der Waals surface area contributed by atoms with E-state index in [2.05, 4.69) is 6.92 Å². The second-order valence-electron chi connectivity index (χ2n) is 4.51. The van der Waals surface area contributed by atoms with E-state index in [1.165, 1.54) is 12.8 Å². The van der Waals surface area contributed by atoms with Gasteiger partial charge < -0.3 is 16.2 Å². The molecule has 0 aliphatic heterocycles. The number of anilines is 2. The van der Waals surface area contributed by atoms with Crippen molar-refractivity contribution in [2.75, 3.05) is 18.1 Å². The predicted molar refractivity (Wildman–Crippen MR) is 63.1 cm³/mol. The van der Waals surface area contributed by atoms with Crippen LogP contribution in [-0.4, -0.2) is 6.61 Å². The molecule has 1 aliphatic rings. The molecular formula is C11H15ClN2O. The van der Waals surface area contributed by atoms with Gasteiger partial charge in [0.05, 0.1) is 23.0 Å². The van der Waals surface area contributed by atoms with Crippen molar-refractivity contribution in [2.45, 2.75) is 19.8 Å². The quantitative estimate of drug-likeness (QED) is 0.779. The van der Waals surface area contributed by atoms with Crippen LogP contribution >= 0.6 is 11.6 Å². The van der Waals surface area contributed by atoms with Crippen molar-refractivity contribution in [3.05, 3.63) is 17.2 Å². The third-order valence-electron chi connectivity index (χ3n) is 2.82. The molecule has 1 aromatic carbocycles. The van der Waals surface area contributed by atoms with Crippen LogP contribution in [0.25, 0.3) is 0 Å². The molecule has 0 aromatic heterocycles. The van der Waals surface area contributed by atoms with Crippen molar-refractivity contribution in [3.8, 4) is 5.75 Å². The average Bonchev–Trinajstić information content (AvgIpc) is 2.89. The average molecular weight is 227 g/mol. The smallest absolute Gasteiger partial charge is 0.140 e. The molecule has 4 heteroatoms. The van der Waals surface area contributed by atoms with Gasteiger partial charge in [-0.3, -0.25) is 0 Å². The summed E-state index contributed by atoms with van der Waals surface area (Å²) in [6.07, 6.45) is 2.43. The fourth-order valence-electron chi connectivity index (χ4n) is 1.30. The highest BCUT2D eigenvalue weighted by atomic mass is 35.5. The van der Waals surface area contributed by atoms with Crippen LogP contribution in [0.5, 0.6) is 5.75 Å². The normalized spacial score (nSPS) is 17.5. The molecule has 0 heterocycles. The van der Waals surface area contributed by atoms with Crippen LogP contribution in [0, 0.1) is 5.41 Å². The summed E-state index contributed by atoms with van der Waals surface area (Å²) in [5.74, 6) is 0.622. The monoisotopic (exact) mass is 226 g/mol. The van der Waals surface area contributed by atoms with Crippen LogP contribution in [0.4, 0.5) is 11.4 Å². The standard InChI is InChI=1S/C11H15ClN2O/c1-11(2-3-11)6-15-10-5-9(14)8(13)4-7(10)12/h4-5H,2-3,6,13-14H2,1H3. The second kappa shape index (κ2) is 3.49. The Hall–Kier alpha value is -1.09. The molecule has 1 aromatic rings. The van der Waals surface area contributed by atoms with Gasteiger partial charge in [0.1, 0.15) is 5.75 Å². The van der Waals surface area contributed by atoms with Gasteiger partial charge in [-0.15, -0.1) is 0 Å². The first-order valence-corrected chi connectivity index (χ1v) is 5.35. The van der Waals surface area contributed by atoms with Gasteiger partial charge in [0.25, 0.3) is 0 Å². The third-order valence-corrected chi connectivity index (χ3v) is 3.11. The van der Waals surface area contributed by atoms with Gasteiger partial charge in [-0.05, 0) is 18.9 Å². The summed E-state index contributed by atoms with van der Waals surface area (Å²) in [6.45, 7) is 2.89. The molecule has 0 saturated heterocycles. The molecule has 82 valence electrons. The van der Waals surface area contributed by atoms with Crippen molar-refractivity contribution in [1.82, 2.24) is 0 Å². The van der Waals surface area contributed by atoms with Gasteiger partial charge in [0.15, 0.2) is 0 Å². The van der Waals surface area contributed by atoms with E-state index in [-0.39, 0.29) is 0 Å². The summed E-state index contributed by atoms with van der Waals surface area (Å²) in [6, 6.07) is 3.31. The number of hydrogen-bond donors (Lipinski definition) is 2. The molecule has 0 radical (unpaired) electrons. The van der Waals surface area contributed by atoms with Gasteiger partial charge in [-0.1, -0.05) is 18.5 Å². The summed E-state index contributed by atoms with van der Waals surface area (Å²) in [5, 5.41) is 0.519. The Kier molecular flexibility index (Phi) is 2.43. The first-order valence-electron chi connectivity index (χ1n) is 4.97. The Labute approximate surface area is 94.3 Å². The lowest BCUT2D eigenvalue weighted by molar-refractivity contribution is 0.248. The molecule has 0 unspecified atom stereocenters. The zero-order valence-corrected chi connectivity index (χ0v) is 9.47. The Morgan fingerprint density at radius 2 is 1.93 bits per heavy atom. The maximum absolute atomic E-state index is 5.99. The van der Waals surface area contributed by atoms with Gasteiger partial charge >= 0.3 is 0 Å². The number of nitrogen functional groups attached to an aromatic ring is 2. The number of nitrogens with two attached hydrogens (primary N) is 2. The summed E-state index contributed by atoms with van der Waals surface area (Å²) < 4.78 is 5.63. The fraction of sp³-hybridized carbons (Fsp3) is 0.455. The first kappa shape index (κ1) is 10.4. The van der Waals surface area contributed by atoms with E-state index in [9.17, 15) is 0 Å². The summed E-state index contributed by atoms with van der Waals surface area (Å²) in [5.41, 5.74) is 12.6. The van der Waals surface area contributed by atoms with E-state index in [0.29, 0.717) is 34.2 Å². The zero-order valence-electron chi connectivity index (χ0n) is 8.72. The number of ether oxygens (including phenoxy) is 1. The Morgan fingerprint density at radius 1 is 1.33 bits per heavy atom. The Balaban J connectivity index is 2.10. The van der Waals surface area contributed by atoms with E-state index in [0.717, 1.165) is 0 Å². The molecular weight excluding hydrogens is 212 g/mol. The van der Waals surface area contributed by atoms with E-state index in [1.54, 1.807) is 12.1 Å². The molecule has 1 fully saturated rings. The van der Waals surface area contributed by atoms with Crippen LogP contribution in [0.3, 0.4) is 0 Å². The number of hydrogen-bond acceptors (Lipinski definition) is 3. The zero-order chi connectivity index (χ0) is 11.1. The summed E-state index contributed by atoms with van der Waals surface area (Å²) in [4.78, 5) is 0. The number of benzene rings is 1. The molecule has 4 N–H and O–H groups in total.